The number of aromatic amines is 1. The van der Waals surface area contributed by atoms with Gasteiger partial charge in [0.1, 0.15) is 0 Å². The van der Waals surface area contributed by atoms with E-state index < -0.39 is 0 Å². The fourth-order valence-electron chi connectivity index (χ4n) is 4.27. The van der Waals surface area contributed by atoms with E-state index in [0.717, 1.165) is 5.01 Å². The SMILES string of the molecule is CC.CC.CC.Cc1ccc2ccccc2c1.Cc1cccc2ccccc12.Cc1cccn1C.Cc1nccs1.c1cc[nH]c1.c1ccoc1.c1ccsc1. The minimum atomic E-state index is 1.13. The molecule has 4 nitrogen and oxygen atoms in total. The van der Waals surface area contributed by atoms with Crippen molar-refractivity contribution in [2.45, 2.75) is 69.2 Å². The summed E-state index contributed by atoms with van der Waals surface area (Å²) in [7, 11) is 2.04. The molecular weight excluding hydrogens is 723 g/mol. The van der Waals surface area contributed by atoms with Crippen molar-refractivity contribution in [1.82, 2.24) is 14.5 Å². The maximum atomic E-state index is 4.58. The largest absolute Gasteiger partial charge is 0.473 e. The van der Waals surface area contributed by atoms with Crippen LogP contribution in [0.3, 0.4) is 0 Å². The highest BCUT2D eigenvalue weighted by molar-refractivity contribution is 7.09. The second-order valence-corrected chi connectivity index (χ2v) is 12.8. The molecule has 5 aromatic heterocycles. The predicted octanol–water partition coefficient (Wildman–Crippen LogP) is 16.2. The fourth-order valence-corrected chi connectivity index (χ4v) is 5.16. The maximum Gasteiger partial charge on any atom is 0.0902 e. The molecule has 5 heterocycles. The quantitative estimate of drug-likeness (QED) is 0.166. The van der Waals surface area contributed by atoms with E-state index in [1.54, 1.807) is 41.4 Å². The minimum Gasteiger partial charge on any atom is -0.473 e. The molecule has 0 aliphatic rings. The van der Waals surface area contributed by atoms with Gasteiger partial charge in [-0.15, -0.1) is 11.3 Å². The number of aromatic nitrogens is 3. The molecule has 0 aliphatic heterocycles. The van der Waals surface area contributed by atoms with Crippen LogP contribution in [0.5, 0.6) is 0 Å². The van der Waals surface area contributed by atoms with Gasteiger partial charge >= 0.3 is 0 Å². The molecule has 0 saturated carbocycles. The van der Waals surface area contributed by atoms with Crippen molar-refractivity contribution < 1.29 is 4.42 Å². The summed E-state index contributed by atoms with van der Waals surface area (Å²) < 4.78 is 6.67. The first kappa shape index (κ1) is 50.6. The lowest BCUT2D eigenvalue weighted by Crippen LogP contribution is -1.84. The Kier molecular flexibility index (Phi) is 31.9. The van der Waals surface area contributed by atoms with Crippen LogP contribution in [-0.2, 0) is 7.05 Å². The second kappa shape index (κ2) is 35.3. The summed E-state index contributed by atoms with van der Waals surface area (Å²) in [5, 5.41) is 12.5. The Morgan fingerprint density at radius 3 is 1.54 bits per heavy atom. The molecule has 0 radical (unpaired) electrons. The zero-order valence-electron chi connectivity index (χ0n) is 35.5. The Morgan fingerprint density at radius 1 is 0.554 bits per heavy atom. The van der Waals surface area contributed by atoms with Gasteiger partial charge in [0.25, 0.3) is 0 Å². The lowest BCUT2D eigenvalue weighted by atomic mass is 10.1. The molecule has 0 atom stereocenters. The van der Waals surface area contributed by atoms with Gasteiger partial charge in [0.15, 0.2) is 0 Å². The Labute approximate surface area is 346 Å². The van der Waals surface area contributed by atoms with Crippen molar-refractivity contribution in [3.63, 3.8) is 0 Å². The number of nitrogens with zero attached hydrogens (tertiary/aromatic N) is 2. The lowest BCUT2D eigenvalue weighted by molar-refractivity contribution is 0.567. The van der Waals surface area contributed by atoms with Crippen molar-refractivity contribution in [3.8, 4) is 0 Å². The number of nitrogens with one attached hydrogen (secondary N) is 1. The third-order valence-electron chi connectivity index (χ3n) is 7.02. The van der Waals surface area contributed by atoms with Gasteiger partial charge < -0.3 is 14.0 Å². The fraction of sp³-hybridized carbons (Fsp3) is 0.220. The van der Waals surface area contributed by atoms with Gasteiger partial charge in [0.05, 0.1) is 17.5 Å². The zero-order chi connectivity index (χ0) is 41.7. The number of hydrogen-bond donors (Lipinski definition) is 1. The second-order valence-electron chi connectivity index (χ2n) is 10.9. The minimum absolute atomic E-state index is 1.13. The smallest absolute Gasteiger partial charge is 0.0902 e. The van der Waals surface area contributed by atoms with Gasteiger partial charge in [-0.2, -0.15) is 11.3 Å². The highest BCUT2D eigenvalue weighted by Crippen LogP contribution is 2.17. The number of thiophene rings is 1. The molecule has 9 aromatic rings. The molecule has 298 valence electrons. The first-order valence-electron chi connectivity index (χ1n) is 19.3. The summed E-state index contributed by atoms with van der Waals surface area (Å²) >= 11 is 3.38. The van der Waals surface area contributed by atoms with Crippen molar-refractivity contribution in [2.24, 2.45) is 7.05 Å². The number of rotatable bonds is 0. The number of benzene rings is 4. The maximum absolute atomic E-state index is 4.58. The van der Waals surface area contributed by atoms with Crippen LogP contribution in [0.25, 0.3) is 21.5 Å². The molecule has 0 spiro atoms. The van der Waals surface area contributed by atoms with E-state index in [2.05, 4.69) is 131 Å². The van der Waals surface area contributed by atoms with Crippen LogP contribution < -0.4 is 0 Å². The van der Waals surface area contributed by atoms with E-state index in [-0.39, 0.29) is 0 Å². The Balaban J connectivity index is 0.000000630. The molecule has 0 saturated heterocycles. The molecule has 6 heteroatoms. The number of hydrogen-bond acceptors (Lipinski definition) is 4. The van der Waals surface area contributed by atoms with Gasteiger partial charge in [-0.05, 0) is 102 Å². The lowest BCUT2D eigenvalue weighted by Gasteiger charge is -1.98. The average molecular weight is 788 g/mol. The van der Waals surface area contributed by atoms with Crippen LogP contribution in [0.2, 0.25) is 0 Å². The van der Waals surface area contributed by atoms with Crippen LogP contribution in [0.1, 0.15) is 63.4 Å². The number of furan rings is 1. The summed E-state index contributed by atoms with van der Waals surface area (Å²) in [5.74, 6) is 0. The topological polar surface area (TPSA) is 46.8 Å². The first-order valence-corrected chi connectivity index (χ1v) is 21.1. The molecule has 0 aliphatic carbocycles. The zero-order valence-corrected chi connectivity index (χ0v) is 37.2. The summed E-state index contributed by atoms with van der Waals surface area (Å²) in [6, 6.07) is 45.5. The summed E-state index contributed by atoms with van der Waals surface area (Å²) in [6.45, 7) is 20.3. The van der Waals surface area contributed by atoms with E-state index >= 15 is 0 Å². The van der Waals surface area contributed by atoms with E-state index in [4.69, 9.17) is 0 Å². The van der Waals surface area contributed by atoms with E-state index in [1.165, 1.54) is 38.4 Å². The standard InChI is InChI=1S/2C11H10.C6H9N.C4H5NS.C4H5N.C4H4O.C4H4S.3C2H6/c1-9-5-4-7-10-6-2-3-8-11(9)10;1-9-6-7-10-4-2-3-5-11(10)8-9;1-6-4-3-5-7(6)2;1-4-5-2-3-6-4;3*1-2-4-5-3-1;3*1-2/h2*2-8H,1H3;3-5H,1-2H3;2-3H,1H3;1-5H;2*1-4H;3*1-2H3. The van der Waals surface area contributed by atoms with Gasteiger partial charge in [-0.25, -0.2) is 0 Å². The molecule has 1 N–H and O–H groups in total. The van der Waals surface area contributed by atoms with Crippen molar-refractivity contribution >= 4 is 44.2 Å². The molecule has 56 heavy (non-hydrogen) atoms. The summed E-state index contributed by atoms with van der Waals surface area (Å²) in [5.41, 5.74) is 3.98. The third-order valence-corrected chi connectivity index (χ3v) is 8.35. The van der Waals surface area contributed by atoms with E-state index in [9.17, 15) is 0 Å². The normalized spacial score (nSPS) is 8.62. The summed E-state index contributed by atoms with van der Waals surface area (Å²) in [6.07, 6.45) is 10.8. The predicted molar refractivity (Wildman–Crippen MR) is 252 cm³/mol. The van der Waals surface area contributed by atoms with Crippen molar-refractivity contribution in [1.29, 1.82) is 0 Å². The number of fused-ring (bicyclic) bond motifs is 2. The summed E-state index contributed by atoms with van der Waals surface area (Å²) in [4.78, 5) is 6.80. The Bertz CT molecular complexity index is 1920. The van der Waals surface area contributed by atoms with Crippen LogP contribution in [-0.4, -0.2) is 14.5 Å². The van der Waals surface area contributed by atoms with Crippen LogP contribution in [0, 0.1) is 27.7 Å². The highest BCUT2D eigenvalue weighted by Gasteiger charge is 1.92. The molecular formula is C50H65N3OS2. The van der Waals surface area contributed by atoms with Crippen LogP contribution in [0.4, 0.5) is 0 Å². The molecule has 0 unspecified atom stereocenters. The van der Waals surface area contributed by atoms with Gasteiger partial charge in [-0.1, -0.05) is 144 Å². The number of thiazole rings is 1. The van der Waals surface area contributed by atoms with E-state index in [1.807, 2.05) is 133 Å². The van der Waals surface area contributed by atoms with Crippen molar-refractivity contribution in [2.75, 3.05) is 0 Å². The molecule has 0 bridgehead atoms. The van der Waals surface area contributed by atoms with Gasteiger partial charge in [-0.3, -0.25) is 4.98 Å². The van der Waals surface area contributed by atoms with E-state index in [0.29, 0.717) is 0 Å². The Morgan fingerprint density at radius 2 is 1.14 bits per heavy atom. The molecule has 0 amide bonds. The Hall–Kier alpha value is -5.43. The van der Waals surface area contributed by atoms with Gasteiger partial charge in [0, 0.05) is 42.9 Å². The average Bonchev–Trinajstić information content (AvgIpc) is 4.12. The number of aryl methyl sites for hydroxylation is 5. The van der Waals surface area contributed by atoms with Gasteiger partial charge in [0.2, 0.25) is 0 Å². The molecule has 4 aromatic carbocycles. The monoisotopic (exact) mass is 787 g/mol. The van der Waals surface area contributed by atoms with Crippen molar-refractivity contribution in [3.05, 3.63) is 209 Å². The van der Waals surface area contributed by atoms with Crippen LogP contribution in [0.15, 0.2) is 191 Å². The first-order chi connectivity index (χ1) is 27.4. The van der Waals surface area contributed by atoms with Crippen LogP contribution >= 0.6 is 22.7 Å². The third kappa shape index (κ3) is 24.1. The molecule has 0 fully saturated rings. The number of H-pyrrole nitrogens is 1. The highest BCUT2D eigenvalue weighted by atomic mass is 32.1. The molecule has 9 rings (SSSR count).